The van der Waals surface area contributed by atoms with Crippen LogP contribution < -0.4 is 0 Å². The molecule has 2 nitrogen and oxygen atoms in total. The molecule has 1 unspecified atom stereocenters. The van der Waals surface area contributed by atoms with Gasteiger partial charge < -0.3 is 4.74 Å². The van der Waals surface area contributed by atoms with Crippen LogP contribution in [0.4, 0.5) is 0 Å². The van der Waals surface area contributed by atoms with Crippen molar-refractivity contribution in [3.63, 3.8) is 0 Å². The molecule has 0 amide bonds. The molecule has 0 aromatic heterocycles. The van der Waals surface area contributed by atoms with E-state index in [0.29, 0.717) is 23.1 Å². The van der Waals surface area contributed by atoms with Crippen LogP contribution in [0.25, 0.3) is 0 Å². The SMILES string of the molecule is CCOC(=O)CCC(Cl)c1cccc(Cl)c1Cl. The molecule has 5 heteroatoms. The maximum Gasteiger partial charge on any atom is 0.305 e. The Morgan fingerprint density at radius 2 is 2.12 bits per heavy atom. The molecule has 0 fully saturated rings. The highest BCUT2D eigenvalue weighted by Crippen LogP contribution is 2.35. The predicted molar refractivity (Wildman–Crippen MR) is 70.9 cm³/mol. The van der Waals surface area contributed by atoms with Crippen molar-refractivity contribution < 1.29 is 9.53 Å². The summed E-state index contributed by atoms with van der Waals surface area (Å²) in [5.74, 6) is -0.253. The minimum atomic E-state index is -0.342. The van der Waals surface area contributed by atoms with E-state index in [1.54, 1.807) is 25.1 Å². The first-order valence-corrected chi connectivity index (χ1v) is 6.49. The average molecular weight is 296 g/mol. The molecule has 1 rings (SSSR count). The summed E-state index contributed by atoms with van der Waals surface area (Å²) in [4.78, 5) is 11.2. The van der Waals surface area contributed by atoms with Crippen molar-refractivity contribution in [1.82, 2.24) is 0 Å². The Balaban J connectivity index is 2.61. The van der Waals surface area contributed by atoms with E-state index in [9.17, 15) is 4.79 Å². The van der Waals surface area contributed by atoms with Crippen LogP contribution >= 0.6 is 34.8 Å². The van der Waals surface area contributed by atoms with Gasteiger partial charge in [0.15, 0.2) is 0 Å². The molecular formula is C12H13Cl3O2. The lowest BCUT2D eigenvalue weighted by atomic mass is 10.1. The molecule has 0 spiro atoms. The Morgan fingerprint density at radius 1 is 1.41 bits per heavy atom. The third-order valence-corrected chi connectivity index (χ3v) is 3.51. The molecule has 94 valence electrons. The second-order valence-corrected chi connectivity index (χ2v) is 4.77. The van der Waals surface area contributed by atoms with Gasteiger partial charge in [0.25, 0.3) is 0 Å². The fourth-order valence-corrected chi connectivity index (χ4v) is 2.18. The van der Waals surface area contributed by atoms with Gasteiger partial charge in [0, 0.05) is 6.42 Å². The van der Waals surface area contributed by atoms with E-state index in [1.807, 2.05) is 0 Å². The first-order valence-electron chi connectivity index (χ1n) is 5.29. The Bertz CT molecular complexity index is 393. The van der Waals surface area contributed by atoms with Gasteiger partial charge in [0.1, 0.15) is 0 Å². The van der Waals surface area contributed by atoms with Crippen molar-refractivity contribution in [2.45, 2.75) is 25.1 Å². The summed E-state index contributed by atoms with van der Waals surface area (Å²) in [6, 6.07) is 5.28. The molecule has 0 aliphatic heterocycles. The molecule has 0 heterocycles. The van der Waals surface area contributed by atoms with E-state index in [2.05, 4.69) is 0 Å². The van der Waals surface area contributed by atoms with E-state index in [0.717, 1.165) is 5.56 Å². The maximum atomic E-state index is 11.2. The van der Waals surface area contributed by atoms with Gasteiger partial charge in [0.2, 0.25) is 0 Å². The molecule has 1 atom stereocenters. The molecule has 0 bridgehead atoms. The molecule has 0 aliphatic carbocycles. The highest BCUT2D eigenvalue weighted by Gasteiger charge is 2.15. The lowest BCUT2D eigenvalue weighted by molar-refractivity contribution is -0.143. The Kier molecular flexibility index (Phi) is 6.10. The molecular weight excluding hydrogens is 282 g/mol. The number of benzene rings is 1. The van der Waals surface area contributed by atoms with E-state index in [4.69, 9.17) is 39.5 Å². The summed E-state index contributed by atoms with van der Waals surface area (Å²) in [5.41, 5.74) is 0.741. The zero-order valence-electron chi connectivity index (χ0n) is 9.38. The third-order valence-electron chi connectivity index (χ3n) is 2.23. The molecule has 1 aromatic carbocycles. The molecule has 0 saturated carbocycles. The molecule has 17 heavy (non-hydrogen) atoms. The van der Waals surface area contributed by atoms with E-state index in [1.165, 1.54) is 0 Å². The van der Waals surface area contributed by atoms with Crippen LogP contribution in [-0.4, -0.2) is 12.6 Å². The summed E-state index contributed by atoms with van der Waals surface area (Å²) in [6.45, 7) is 2.15. The Labute approximate surface area is 116 Å². The van der Waals surface area contributed by atoms with Crippen LogP contribution in [0.2, 0.25) is 10.0 Å². The van der Waals surface area contributed by atoms with Gasteiger partial charge in [-0.2, -0.15) is 0 Å². The van der Waals surface area contributed by atoms with Crippen molar-refractivity contribution in [2.75, 3.05) is 6.61 Å². The van der Waals surface area contributed by atoms with Gasteiger partial charge in [-0.15, -0.1) is 11.6 Å². The standard InChI is InChI=1S/C12H13Cl3O2/c1-2-17-11(16)7-6-9(13)8-4-3-5-10(14)12(8)15/h3-5,9H,2,6-7H2,1H3. The maximum absolute atomic E-state index is 11.2. The second-order valence-electron chi connectivity index (χ2n) is 3.45. The van der Waals surface area contributed by atoms with Gasteiger partial charge in [0.05, 0.1) is 22.0 Å². The van der Waals surface area contributed by atoms with E-state index < -0.39 is 0 Å². The number of rotatable bonds is 5. The number of alkyl halides is 1. The topological polar surface area (TPSA) is 26.3 Å². The van der Waals surface area contributed by atoms with Crippen LogP contribution in [-0.2, 0) is 9.53 Å². The summed E-state index contributed by atoms with van der Waals surface area (Å²) in [5, 5.41) is 0.564. The van der Waals surface area contributed by atoms with E-state index in [-0.39, 0.29) is 17.8 Å². The highest BCUT2D eigenvalue weighted by atomic mass is 35.5. The predicted octanol–water partition coefficient (Wildman–Crippen LogP) is 4.62. The number of carbonyl (C=O) groups is 1. The summed E-state index contributed by atoms with van der Waals surface area (Å²) < 4.78 is 4.83. The minimum absolute atomic E-state index is 0.253. The summed E-state index contributed by atoms with van der Waals surface area (Å²) in [6.07, 6.45) is 0.741. The second kappa shape index (κ2) is 7.10. The first kappa shape index (κ1) is 14.6. The molecule has 0 radical (unpaired) electrons. The van der Waals surface area contributed by atoms with Crippen molar-refractivity contribution >= 4 is 40.8 Å². The van der Waals surface area contributed by atoms with Gasteiger partial charge in [-0.1, -0.05) is 35.3 Å². The van der Waals surface area contributed by atoms with Crippen LogP contribution in [0.5, 0.6) is 0 Å². The highest BCUT2D eigenvalue weighted by molar-refractivity contribution is 6.43. The number of ether oxygens (including phenoxy) is 1. The van der Waals surface area contributed by atoms with Crippen molar-refractivity contribution in [2.24, 2.45) is 0 Å². The van der Waals surface area contributed by atoms with E-state index >= 15 is 0 Å². The van der Waals surface area contributed by atoms with Crippen molar-refractivity contribution in [3.05, 3.63) is 33.8 Å². The zero-order chi connectivity index (χ0) is 12.8. The quantitative estimate of drug-likeness (QED) is 0.585. The van der Waals surface area contributed by atoms with Gasteiger partial charge in [-0.25, -0.2) is 0 Å². The molecule has 1 aromatic rings. The fraction of sp³-hybridized carbons (Fsp3) is 0.417. The Morgan fingerprint density at radius 3 is 2.76 bits per heavy atom. The first-order chi connectivity index (χ1) is 8.06. The number of hydrogen-bond acceptors (Lipinski definition) is 2. The Hall–Kier alpha value is -0.440. The minimum Gasteiger partial charge on any atom is -0.466 e. The normalized spacial score (nSPS) is 12.2. The lowest BCUT2D eigenvalue weighted by Gasteiger charge is -2.12. The van der Waals surface area contributed by atoms with Crippen LogP contribution in [0.15, 0.2) is 18.2 Å². The van der Waals surface area contributed by atoms with Crippen LogP contribution in [0.1, 0.15) is 30.7 Å². The molecule has 0 aliphatic rings. The van der Waals surface area contributed by atoms with Gasteiger partial charge >= 0.3 is 5.97 Å². The number of esters is 1. The largest absolute Gasteiger partial charge is 0.466 e. The summed E-state index contributed by atoms with van der Waals surface area (Å²) in [7, 11) is 0. The zero-order valence-corrected chi connectivity index (χ0v) is 11.6. The van der Waals surface area contributed by atoms with Crippen LogP contribution in [0, 0.1) is 0 Å². The lowest BCUT2D eigenvalue weighted by Crippen LogP contribution is -2.05. The average Bonchev–Trinajstić information content (AvgIpc) is 2.30. The fourth-order valence-electron chi connectivity index (χ4n) is 1.40. The monoisotopic (exact) mass is 294 g/mol. The molecule has 0 N–H and O–H groups in total. The number of halogens is 3. The van der Waals surface area contributed by atoms with Gasteiger partial charge in [-0.05, 0) is 25.0 Å². The number of carbonyl (C=O) groups excluding carboxylic acids is 1. The molecule has 0 saturated heterocycles. The third kappa shape index (κ3) is 4.38. The number of hydrogen-bond donors (Lipinski definition) is 0. The summed E-state index contributed by atoms with van der Waals surface area (Å²) >= 11 is 18.1. The smallest absolute Gasteiger partial charge is 0.305 e. The van der Waals surface area contributed by atoms with Crippen molar-refractivity contribution in [1.29, 1.82) is 0 Å². The van der Waals surface area contributed by atoms with Crippen LogP contribution in [0.3, 0.4) is 0 Å². The van der Waals surface area contributed by atoms with Crippen molar-refractivity contribution in [3.8, 4) is 0 Å². The van der Waals surface area contributed by atoms with Gasteiger partial charge in [-0.3, -0.25) is 4.79 Å².